The Morgan fingerprint density at radius 1 is 1.16 bits per heavy atom. The third kappa shape index (κ3) is 3.77. The molecule has 0 fully saturated rings. The van der Waals surface area contributed by atoms with Gasteiger partial charge in [-0.25, -0.2) is 0 Å². The smallest absolute Gasteiger partial charge is 0.248 e. The van der Waals surface area contributed by atoms with Gasteiger partial charge in [0.2, 0.25) is 5.91 Å². The van der Waals surface area contributed by atoms with Gasteiger partial charge in [0.1, 0.15) is 13.2 Å². The van der Waals surface area contributed by atoms with Crippen molar-refractivity contribution in [1.29, 1.82) is 0 Å². The van der Waals surface area contributed by atoms with Gasteiger partial charge in [0.25, 0.3) is 0 Å². The van der Waals surface area contributed by atoms with E-state index in [1.807, 2.05) is 6.07 Å². The minimum absolute atomic E-state index is 0.0429. The van der Waals surface area contributed by atoms with Gasteiger partial charge in [0, 0.05) is 19.2 Å². The van der Waals surface area contributed by atoms with Crippen LogP contribution in [0.15, 0.2) is 36.4 Å². The Hall–Kier alpha value is -2.53. The standard InChI is InChI=1S/C20H23NO4/c1-14-4-6-15(7-5-14)16-10-17-12-21(19(22)13-23-2)8-9-25-20(17)18(11-16)24-3/h4-7,10-11H,8-9,12-13H2,1-3H3. The van der Waals surface area contributed by atoms with Gasteiger partial charge in [-0.2, -0.15) is 0 Å². The highest BCUT2D eigenvalue weighted by Crippen LogP contribution is 2.38. The summed E-state index contributed by atoms with van der Waals surface area (Å²) in [7, 11) is 3.16. The molecule has 0 aliphatic carbocycles. The number of aryl methyl sites for hydroxylation is 1. The van der Waals surface area contributed by atoms with Crippen LogP contribution in [0.2, 0.25) is 0 Å². The van der Waals surface area contributed by atoms with Gasteiger partial charge in [-0.15, -0.1) is 0 Å². The molecule has 25 heavy (non-hydrogen) atoms. The second kappa shape index (κ2) is 7.57. The first kappa shape index (κ1) is 17.3. The number of amides is 1. The molecule has 0 bridgehead atoms. The summed E-state index contributed by atoms with van der Waals surface area (Å²) < 4.78 is 16.4. The van der Waals surface area contributed by atoms with Crippen molar-refractivity contribution < 1.29 is 19.0 Å². The number of fused-ring (bicyclic) bond motifs is 1. The van der Waals surface area contributed by atoms with Crippen LogP contribution < -0.4 is 9.47 Å². The van der Waals surface area contributed by atoms with Crippen LogP contribution in [-0.2, 0) is 16.1 Å². The molecule has 0 saturated heterocycles. The molecular formula is C20H23NO4. The molecule has 3 rings (SSSR count). The molecule has 1 aliphatic heterocycles. The number of carbonyl (C=O) groups is 1. The molecule has 0 spiro atoms. The minimum atomic E-state index is -0.0429. The molecule has 0 unspecified atom stereocenters. The van der Waals surface area contributed by atoms with E-state index in [1.165, 1.54) is 12.7 Å². The Kier molecular flexibility index (Phi) is 5.24. The summed E-state index contributed by atoms with van der Waals surface area (Å²) in [6.07, 6.45) is 0. The van der Waals surface area contributed by atoms with Crippen LogP contribution in [0.5, 0.6) is 11.5 Å². The monoisotopic (exact) mass is 341 g/mol. The zero-order valence-electron chi connectivity index (χ0n) is 14.9. The zero-order valence-corrected chi connectivity index (χ0v) is 14.9. The first-order valence-corrected chi connectivity index (χ1v) is 8.30. The average molecular weight is 341 g/mol. The number of carbonyl (C=O) groups excluding carboxylic acids is 1. The third-order valence-corrected chi connectivity index (χ3v) is 4.33. The number of benzene rings is 2. The lowest BCUT2D eigenvalue weighted by atomic mass is 10.0. The first-order chi connectivity index (χ1) is 12.1. The Morgan fingerprint density at radius 3 is 2.60 bits per heavy atom. The topological polar surface area (TPSA) is 48.0 Å². The molecular weight excluding hydrogens is 318 g/mol. The molecule has 2 aromatic carbocycles. The van der Waals surface area contributed by atoms with E-state index in [0.717, 1.165) is 16.7 Å². The molecule has 1 aliphatic rings. The van der Waals surface area contributed by atoms with Crippen molar-refractivity contribution in [3.63, 3.8) is 0 Å². The number of rotatable bonds is 4. The van der Waals surface area contributed by atoms with Gasteiger partial charge in [0.15, 0.2) is 11.5 Å². The van der Waals surface area contributed by atoms with Crippen LogP contribution in [0.4, 0.5) is 0 Å². The lowest BCUT2D eigenvalue weighted by molar-refractivity contribution is -0.135. The van der Waals surface area contributed by atoms with Crippen LogP contribution in [-0.4, -0.2) is 44.8 Å². The van der Waals surface area contributed by atoms with Crippen molar-refractivity contribution in [3.05, 3.63) is 47.5 Å². The van der Waals surface area contributed by atoms with Crippen molar-refractivity contribution in [2.45, 2.75) is 13.5 Å². The van der Waals surface area contributed by atoms with Crippen molar-refractivity contribution in [2.24, 2.45) is 0 Å². The summed E-state index contributed by atoms with van der Waals surface area (Å²) in [6, 6.07) is 12.4. The summed E-state index contributed by atoms with van der Waals surface area (Å²) in [5.41, 5.74) is 4.30. The lowest BCUT2D eigenvalue weighted by Gasteiger charge is -2.19. The fourth-order valence-corrected chi connectivity index (χ4v) is 2.98. The quantitative estimate of drug-likeness (QED) is 0.858. The first-order valence-electron chi connectivity index (χ1n) is 8.30. The molecule has 1 amide bonds. The Balaban J connectivity index is 2.00. The van der Waals surface area contributed by atoms with Crippen LogP contribution in [0, 0.1) is 6.92 Å². The molecule has 0 atom stereocenters. The van der Waals surface area contributed by atoms with Gasteiger partial charge in [-0.1, -0.05) is 29.8 Å². The molecule has 0 aromatic heterocycles. The average Bonchev–Trinajstić information content (AvgIpc) is 2.84. The number of hydrogen-bond acceptors (Lipinski definition) is 4. The molecule has 1 heterocycles. The van der Waals surface area contributed by atoms with Crippen LogP contribution >= 0.6 is 0 Å². The Bertz CT molecular complexity index is 755. The summed E-state index contributed by atoms with van der Waals surface area (Å²) in [4.78, 5) is 14.0. The highest BCUT2D eigenvalue weighted by atomic mass is 16.5. The second-order valence-electron chi connectivity index (χ2n) is 6.13. The van der Waals surface area contributed by atoms with Crippen LogP contribution in [0.25, 0.3) is 11.1 Å². The number of ether oxygens (including phenoxy) is 3. The summed E-state index contributed by atoms with van der Waals surface area (Å²) >= 11 is 0. The Morgan fingerprint density at radius 2 is 1.92 bits per heavy atom. The number of methoxy groups -OCH3 is 2. The van der Waals surface area contributed by atoms with E-state index in [1.54, 1.807) is 12.0 Å². The lowest BCUT2D eigenvalue weighted by Crippen LogP contribution is -2.34. The molecule has 132 valence electrons. The van der Waals surface area contributed by atoms with E-state index in [9.17, 15) is 4.79 Å². The van der Waals surface area contributed by atoms with Crippen molar-refractivity contribution in [2.75, 3.05) is 34.0 Å². The van der Waals surface area contributed by atoms with Crippen molar-refractivity contribution >= 4 is 5.91 Å². The van der Waals surface area contributed by atoms with Crippen LogP contribution in [0.1, 0.15) is 11.1 Å². The summed E-state index contributed by atoms with van der Waals surface area (Å²) in [6.45, 7) is 3.58. The molecule has 0 N–H and O–H groups in total. The highest BCUT2D eigenvalue weighted by Gasteiger charge is 2.23. The normalized spacial score (nSPS) is 13.6. The summed E-state index contributed by atoms with van der Waals surface area (Å²) in [5, 5.41) is 0. The van der Waals surface area contributed by atoms with Gasteiger partial charge in [-0.3, -0.25) is 4.79 Å². The maximum atomic E-state index is 12.2. The van der Waals surface area contributed by atoms with Gasteiger partial charge in [0.05, 0.1) is 13.7 Å². The van der Waals surface area contributed by atoms with E-state index in [4.69, 9.17) is 14.2 Å². The van der Waals surface area contributed by atoms with Gasteiger partial charge >= 0.3 is 0 Å². The van der Waals surface area contributed by atoms with E-state index in [-0.39, 0.29) is 12.5 Å². The third-order valence-electron chi connectivity index (χ3n) is 4.33. The maximum absolute atomic E-state index is 12.2. The van der Waals surface area contributed by atoms with Crippen molar-refractivity contribution in [3.8, 4) is 22.6 Å². The predicted molar refractivity (Wildman–Crippen MR) is 96.0 cm³/mol. The molecule has 5 heteroatoms. The van der Waals surface area contributed by atoms with E-state index < -0.39 is 0 Å². The largest absolute Gasteiger partial charge is 0.493 e. The highest BCUT2D eigenvalue weighted by molar-refractivity contribution is 5.78. The predicted octanol–water partition coefficient (Wildman–Crippen LogP) is 3.04. The molecule has 5 nitrogen and oxygen atoms in total. The van der Waals surface area contributed by atoms with E-state index in [2.05, 4.69) is 37.3 Å². The van der Waals surface area contributed by atoms with Crippen LogP contribution in [0.3, 0.4) is 0 Å². The molecule has 2 aromatic rings. The van der Waals surface area contributed by atoms with Gasteiger partial charge in [-0.05, 0) is 30.2 Å². The SMILES string of the molecule is COCC(=O)N1CCOc2c(cc(-c3ccc(C)cc3)cc2OC)C1. The number of nitrogens with zero attached hydrogens (tertiary/aromatic N) is 1. The maximum Gasteiger partial charge on any atom is 0.248 e. The van der Waals surface area contributed by atoms with Gasteiger partial charge < -0.3 is 19.1 Å². The molecule has 0 saturated carbocycles. The second-order valence-corrected chi connectivity index (χ2v) is 6.13. The van der Waals surface area contributed by atoms with E-state index in [0.29, 0.717) is 31.2 Å². The summed E-state index contributed by atoms with van der Waals surface area (Å²) in [5.74, 6) is 1.36. The Labute approximate surface area is 148 Å². The van der Waals surface area contributed by atoms with Crippen molar-refractivity contribution in [1.82, 2.24) is 4.90 Å². The fourth-order valence-electron chi connectivity index (χ4n) is 2.98. The zero-order chi connectivity index (χ0) is 17.8. The minimum Gasteiger partial charge on any atom is -0.493 e. The van der Waals surface area contributed by atoms with E-state index >= 15 is 0 Å². The fraction of sp³-hybridized carbons (Fsp3) is 0.350. The number of hydrogen-bond donors (Lipinski definition) is 0. The molecule has 0 radical (unpaired) electrons.